The Morgan fingerprint density at radius 1 is 1.21 bits per heavy atom. The predicted octanol–water partition coefficient (Wildman–Crippen LogP) is 2.59. The lowest BCUT2D eigenvalue weighted by molar-refractivity contribution is -0.0690. The van der Waals surface area contributed by atoms with Crippen LogP contribution >= 0.6 is 0 Å². The summed E-state index contributed by atoms with van der Waals surface area (Å²) < 4.78 is 37.4. The zero-order valence-corrected chi connectivity index (χ0v) is 7.38. The SMILES string of the molecule is NC/C=C(/c1ccccc1)C(F)(F)F. The lowest BCUT2D eigenvalue weighted by Crippen LogP contribution is -2.12. The van der Waals surface area contributed by atoms with Crippen LogP contribution in [-0.2, 0) is 0 Å². The van der Waals surface area contributed by atoms with E-state index in [2.05, 4.69) is 0 Å². The van der Waals surface area contributed by atoms with E-state index in [4.69, 9.17) is 5.73 Å². The fourth-order valence-corrected chi connectivity index (χ4v) is 1.13. The normalized spacial score (nSPS) is 13.0. The summed E-state index contributed by atoms with van der Waals surface area (Å²) >= 11 is 0. The van der Waals surface area contributed by atoms with Gasteiger partial charge >= 0.3 is 6.18 Å². The van der Waals surface area contributed by atoms with Gasteiger partial charge in [-0.3, -0.25) is 0 Å². The molecule has 76 valence electrons. The summed E-state index contributed by atoms with van der Waals surface area (Å²) in [5.74, 6) is 0. The van der Waals surface area contributed by atoms with Gasteiger partial charge in [0.05, 0.1) is 5.57 Å². The van der Waals surface area contributed by atoms with Crippen molar-refractivity contribution in [1.29, 1.82) is 0 Å². The molecule has 4 heteroatoms. The first-order valence-electron chi connectivity index (χ1n) is 4.08. The first kappa shape index (κ1) is 10.8. The smallest absolute Gasteiger partial charge is 0.327 e. The molecule has 0 fully saturated rings. The number of hydrogen-bond acceptors (Lipinski definition) is 1. The summed E-state index contributed by atoms with van der Waals surface area (Å²) in [5, 5.41) is 0. The van der Waals surface area contributed by atoms with Crippen molar-refractivity contribution in [2.24, 2.45) is 5.73 Å². The van der Waals surface area contributed by atoms with Crippen LogP contribution in [0.2, 0.25) is 0 Å². The van der Waals surface area contributed by atoms with E-state index in [1.54, 1.807) is 18.2 Å². The van der Waals surface area contributed by atoms with Gasteiger partial charge in [-0.15, -0.1) is 0 Å². The molecule has 0 atom stereocenters. The van der Waals surface area contributed by atoms with Gasteiger partial charge in [0.2, 0.25) is 0 Å². The second-order valence-electron chi connectivity index (χ2n) is 2.72. The number of benzene rings is 1. The molecule has 0 saturated heterocycles. The minimum atomic E-state index is -4.35. The third-order valence-corrected chi connectivity index (χ3v) is 1.71. The van der Waals surface area contributed by atoms with E-state index in [-0.39, 0.29) is 12.1 Å². The average molecular weight is 201 g/mol. The van der Waals surface area contributed by atoms with Crippen molar-refractivity contribution >= 4 is 5.57 Å². The lowest BCUT2D eigenvalue weighted by atomic mass is 10.1. The standard InChI is InChI=1S/C10H10F3N/c11-10(12,13)9(6-7-14)8-4-2-1-3-5-8/h1-6H,7,14H2/b9-6-. The highest BCUT2D eigenvalue weighted by atomic mass is 19.4. The summed E-state index contributed by atoms with van der Waals surface area (Å²) in [4.78, 5) is 0. The number of halogens is 3. The molecule has 0 unspecified atom stereocenters. The van der Waals surface area contributed by atoms with Gasteiger partial charge in [0.15, 0.2) is 0 Å². The maximum Gasteiger partial charge on any atom is 0.416 e. The Balaban J connectivity index is 3.09. The minimum absolute atomic E-state index is 0.121. The van der Waals surface area contributed by atoms with Gasteiger partial charge in [0.1, 0.15) is 0 Å². The van der Waals surface area contributed by atoms with Crippen LogP contribution in [-0.4, -0.2) is 12.7 Å². The van der Waals surface area contributed by atoms with E-state index in [1.165, 1.54) is 12.1 Å². The van der Waals surface area contributed by atoms with Gasteiger partial charge < -0.3 is 5.73 Å². The van der Waals surface area contributed by atoms with E-state index in [1.807, 2.05) is 0 Å². The molecule has 2 N–H and O–H groups in total. The van der Waals surface area contributed by atoms with Crippen LogP contribution in [0.15, 0.2) is 36.4 Å². The molecule has 1 aromatic rings. The Hall–Kier alpha value is -1.29. The molecule has 0 aliphatic heterocycles. The van der Waals surface area contributed by atoms with Crippen LogP contribution in [0.1, 0.15) is 5.56 Å². The minimum Gasteiger partial charge on any atom is -0.327 e. The van der Waals surface area contributed by atoms with Crippen LogP contribution in [0.4, 0.5) is 13.2 Å². The van der Waals surface area contributed by atoms with Crippen LogP contribution in [0, 0.1) is 0 Å². The molecule has 14 heavy (non-hydrogen) atoms. The van der Waals surface area contributed by atoms with Crippen molar-refractivity contribution < 1.29 is 13.2 Å². The molecule has 1 nitrogen and oxygen atoms in total. The molecule has 0 radical (unpaired) electrons. The Morgan fingerprint density at radius 2 is 1.79 bits per heavy atom. The lowest BCUT2D eigenvalue weighted by Gasteiger charge is -2.11. The summed E-state index contributed by atoms with van der Waals surface area (Å²) in [6.45, 7) is -0.121. The molecular weight excluding hydrogens is 191 g/mol. The summed E-state index contributed by atoms with van der Waals surface area (Å²) in [7, 11) is 0. The van der Waals surface area contributed by atoms with E-state index >= 15 is 0 Å². The Morgan fingerprint density at radius 3 is 2.21 bits per heavy atom. The highest BCUT2D eigenvalue weighted by Gasteiger charge is 2.33. The second kappa shape index (κ2) is 4.28. The van der Waals surface area contributed by atoms with Crippen molar-refractivity contribution in [3.8, 4) is 0 Å². The average Bonchev–Trinajstić information content (AvgIpc) is 2.14. The van der Waals surface area contributed by atoms with Gasteiger partial charge in [-0.05, 0) is 5.56 Å². The van der Waals surface area contributed by atoms with Crippen LogP contribution in [0.5, 0.6) is 0 Å². The largest absolute Gasteiger partial charge is 0.416 e. The van der Waals surface area contributed by atoms with Crippen molar-refractivity contribution in [2.75, 3.05) is 6.54 Å². The third-order valence-electron chi connectivity index (χ3n) is 1.71. The molecular formula is C10H10F3N. The monoisotopic (exact) mass is 201 g/mol. The molecule has 0 heterocycles. The van der Waals surface area contributed by atoms with Gasteiger partial charge in [-0.2, -0.15) is 13.2 Å². The van der Waals surface area contributed by atoms with Crippen LogP contribution in [0.25, 0.3) is 5.57 Å². The molecule has 1 aromatic carbocycles. The first-order valence-corrected chi connectivity index (χ1v) is 4.08. The van der Waals surface area contributed by atoms with Gasteiger partial charge in [0, 0.05) is 6.54 Å². The number of nitrogens with two attached hydrogens (primary N) is 1. The highest BCUT2D eigenvalue weighted by Crippen LogP contribution is 2.33. The zero-order chi connectivity index (χ0) is 10.6. The topological polar surface area (TPSA) is 26.0 Å². The summed E-state index contributed by atoms with van der Waals surface area (Å²) in [6.07, 6.45) is -3.37. The van der Waals surface area contributed by atoms with Crippen LogP contribution in [0.3, 0.4) is 0 Å². The van der Waals surface area contributed by atoms with Crippen molar-refractivity contribution in [3.63, 3.8) is 0 Å². The van der Waals surface area contributed by atoms with E-state index < -0.39 is 11.7 Å². The molecule has 1 rings (SSSR count). The van der Waals surface area contributed by atoms with Gasteiger partial charge in [-0.25, -0.2) is 0 Å². The number of alkyl halides is 3. The molecule has 0 saturated carbocycles. The second-order valence-corrected chi connectivity index (χ2v) is 2.72. The Labute approximate surface area is 80.0 Å². The van der Waals surface area contributed by atoms with Gasteiger partial charge in [-0.1, -0.05) is 36.4 Å². The summed E-state index contributed by atoms with van der Waals surface area (Å²) in [5.41, 5.74) is 4.55. The van der Waals surface area contributed by atoms with E-state index in [0.717, 1.165) is 6.08 Å². The van der Waals surface area contributed by atoms with Crippen molar-refractivity contribution in [2.45, 2.75) is 6.18 Å². The Bertz CT molecular complexity index is 314. The molecule has 0 amide bonds. The maximum absolute atomic E-state index is 12.5. The molecule has 0 aromatic heterocycles. The number of hydrogen-bond donors (Lipinski definition) is 1. The van der Waals surface area contributed by atoms with E-state index in [0.29, 0.717) is 0 Å². The third kappa shape index (κ3) is 2.60. The molecule has 0 aliphatic rings. The van der Waals surface area contributed by atoms with Crippen molar-refractivity contribution in [3.05, 3.63) is 42.0 Å². The van der Waals surface area contributed by atoms with Gasteiger partial charge in [0.25, 0.3) is 0 Å². The molecule has 0 aliphatic carbocycles. The first-order chi connectivity index (χ1) is 6.55. The van der Waals surface area contributed by atoms with Crippen LogP contribution < -0.4 is 5.73 Å². The number of allylic oxidation sites excluding steroid dienone is 1. The predicted molar refractivity (Wildman–Crippen MR) is 49.5 cm³/mol. The van der Waals surface area contributed by atoms with E-state index in [9.17, 15) is 13.2 Å². The highest BCUT2D eigenvalue weighted by molar-refractivity contribution is 5.69. The fourth-order valence-electron chi connectivity index (χ4n) is 1.13. The number of rotatable bonds is 2. The zero-order valence-electron chi connectivity index (χ0n) is 7.38. The molecule has 0 spiro atoms. The summed E-state index contributed by atoms with van der Waals surface area (Å²) in [6, 6.07) is 7.61. The van der Waals surface area contributed by atoms with Crippen molar-refractivity contribution in [1.82, 2.24) is 0 Å². The fraction of sp³-hybridized carbons (Fsp3) is 0.200. The maximum atomic E-state index is 12.5. The molecule has 0 bridgehead atoms. The quantitative estimate of drug-likeness (QED) is 0.781. The Kier molecular flexibility index (Phi) is 3.30.